The number of hydrogen-bond donors (Lipinski definition) is 2. The molecule has 4 heterocycles. The Kier molecular flexibility index (Phi) is 6.32. The molecule has 2 aromatic heterocycles. The van der Waals surface area contributed by atoms with Crippen LogP contribution >= 0.6 is 23.1 Å². The summed E-state index contributed by atoms with van der Waals surface area (Å²) in [6.07, 6.45) is 0.977. The van der Waals surface area contributed by atoms with Gasteiger partial charge < -0.3 is 9.72 Å². The van der Waals surface area contributed by atoms with Crippen LogP contribution in [0.1, 0.15) is 5.69 Å². The minimum atomic E-state index is -5.05. The zero-order valence-electron chi connectivity index (χ0n) is 18.5. The van der Waals surface area contributed by atoms with Crippen molar-refractivity contribution in [2.24, 2.45) is 4.99 Å². The molecule has 2 aliphatic rings. The normalized spacial score (nSPS) is 21.0. The first-order chi connectivity index (χ1) is 16.2. The number of anilines is 1. The first-order valence-corrected chi connectivity index (χ1v) is 14.9. The van der Waals surface area contributed by atoms with Crippen molar-refractivity contribution < 1.29 is 22.3 Å². The van der Waals surface area contributed by atoms with Crippen LogP contribution in [0.2, 0.25) is 0 Å². The number of alkyl halides is 2. The molecule has 2 N–H and O–H groups in total. The third kappa shape index (κ3) is 4.42. The fourth-order valence-electron chi connectivity index (χ4n) is 4.32. The largest absolute Gasteiger partial charge is 0.379 e. The standard InChI is InChI=1S/C22H26F2N4O3S3/c1-34(29,30,19-6-3-11-32-19)28(22(23)24)18-5-2-4-15-12-17(26-20(15)18)21-25-13-16(33-21)14-27-7-9-31-10-8-27/h2-6,11-12,16,22,26H,7-10,13-14H2,1H3,(H,29,30). The fraction of sp³-hybridized carbons (Fsp3) is 0.409. The number of H-pyrrole nitrogens is 1. The Morgan fingerprint density at radius 1 is 1.32 bits per heavy atom. The Hall–Kier alpha value is -1.83. The molecule has 5 rings (SSSR count). The molecule has 1 fully saturated rings. The zero-order valence-corrected chi connectivity index (χ0v) is 21.0. The second kappa shape index (κ2) is 8.99. The smallest absolute Gasteiger partial charge is 0.331 e. The molecule has 2 aliphatic heterocycles. The highest BCUT2D eigenvalue weighted by atomic mass is 32.3. The first-order valence-electron chi connectivity index (χ1n) is 10.9. The number of fused-ring (bicyclic) bond motifs is 1. The van der Waals surface area contributed by atoms with Crippen molar-refractivity contribution >= 4 is 54.3 Å². The molecule has 1 saturated heterocycles. The molecular weight excluding hydrogens is 502 g/mol. The summed E-state index contributed by atoms with van der Waals surface area (Å²) in [5.74, 6) is 0. The molecular formula is C22H26F2N4O3S3. The molecule has 12 heteroatoms. The number of nitrogens with one attached hydrogen (secondary N) is 1. The van der Waals surface area contributed by atoms with Crippen molar-refractivity contribution in [1.82, 2.24) is 9.88 Å². The molecule has 0 radical (unpaired) electrons. The highest BCUT2D eigenvalue weighted by Gasteiger charge is 2.40. The Labute approximate surface area is 204 Å². The molecule has 0 spiro atoms. The number of hydrogen-bond acceptors (Lipinski definition) is 6. The number of nitrogens with zero attached hydrogens (tertiary/aromatic N) is 3. The Morgan fingerprint density at radius 2 is 2.12 bits per heavy atom. The van der Waals surface area contributed by atoms with E-state index in [4.69, 9.17) is 4.74 Å². The van der Waals surface area contributed by atoms with Gasteiger partial charge in [0.05, 0.1) is 36.7 Å². The molecule has 34 heavy (non-hydrogen) atoms. The van der Waals surface area contributed by atoms with E-state index in [1.807, 2.05) is 6.07 Å². The summed E-state index contributed by atoms with van der Waals surface area (Å²) >= 11 is 2.65. The zero-order chi connectivity index (χ0) is 23.9. The van der Waals surface area contributed by atoms with Crippen molar-refractivity contribution in [2.75, 3.05) is 50.0 Å². The molecule has 1 aromatic carbocycles. The summed E-state index contributed by atoms with van der Waals surface area (Å²) < 4.78 is 59.3. The molecule has 3 aromatic rings. The van der Waals surface area contributed by atoms with Gasteiger partial charge in [0.2, 0.25) is 0 Å². The number of morpholine rings is 1. The number of rotatable bonds is 7. The lowest BCUT2D eigenvalue weighted by Crippen LogP contribution is -2.52. The molecule has 0 amide bonds. The number of benzene rings is 1. The van der Waals surface area contributed by atoms with Crippen LogP contribution < -0.4 is 4.31 Å². The molecule has 0 aliphatic carbocycles. The average Bonchev–Trinajstić information content (AvgIpc) is 3.54. The van der Waals surface area contributed by atoms with E-state index < -0.39 is 16.1 Å². The van der Waals surface area contributed by atoms with E-state index in [-0.39, 0.29) is 9.90 Å². The van der Waals surface area contributed by atoms with Gasteiger partial charge in [0, 0.05) is 36.5 Å². The number of ether oxygens (including phenoxy) is 1. The van der Waals surface area contributed by atoms with Crippen LogP contribution in [0.3, 0.4) is 0 Å². The summed E-state index contributed by atoms with van der Waals surface area (Å²) in [6, 6.07) is 9.71. The summed E-state index contributed by atoms with van der Waals surface area (Å²) in [6.45, 7) is 1.72. The fourth-order valence-corrected chi connectivity index (χ4v) is 8.78. The van der Waals surface area contributed by atoms with Gasteiger partial charge in [-0.1, -0.05) is 33.4 Å². The molecule has 1 atom stereocenters. The van der Waals surface area contributed by atoms with E-state index in [0.717, 1.165) is 61.2 Å². The van der Waals surface area contributed by atoms with E-state index >= 15 is 0 Å². The predicted octanol–water partition coefficient (Wildman–Crippen LogP) is 4.35. The predicted molar refractivity (Wildman–Crippen MR) is 136 cm³/mol. The van der Waals surface area contributed by atoms with Crippen LogP contribution in [-0.2, 0) is 14.3 Å². The van der Waals surface area contributed by atoms with Crippen molar-refractivity contribution in [3.8, 4) is 0 Å². The lowest BCUT2D eigenvalue weighted by molar-refractivity contribution is 0.0385. The summed E-state index contributed by atoms with van der Waals surface area (Å²) in [7, 11) is -5.05. The van der Waals surface area contributed by atoms with E-state index in [1.54, 1.807) is 35.3 Å². The van der Waals surface area contributed by atoms with Gasteiger partial charge >= 0.3 is 6.55 Å². The molecule has 0 bridgehead atoms. The van der Waals surface area contributed by atoms with Gasteiger partial charge in [-0.25, -0.2) is 4.31 Å². The number of para-hydroxylation sites is 1. The highest BCUT2D eigenvalue weighted by molar-refractivity contribution is 8.17. The SMILES string of the molecule is CS(=O)(O)(c1cccs1)N(c1cccc2cc(C3=NCC(CN4CCOCC4)S3)[nH]c12)C(F)F. The summed E-state index contributed by atoms with van der Waals surface area (Å²) in [5.41, 5.74) is 1.08. The minimum absolute atomic E-state index is 0.0113. The van der Waals surface area contributed by atoms with Crippen molar-refractivity contribution in [3.63, 3.8) is 0 Å². The number of thiophene rings is 1. The molecule has 0 saturated carbocycles. The maximum absolute atomic E-state index is 14.4. The van der Waals surface area contributed by atoms with Crippen LogP contribution in [0, 0.1) is 0 Å². The van der Waals surface area contributed by atoms with E-state index in [0.29, 0.717) is 27.0 Å². The highest BCUT2D eigenvalue weighted by Crippen LogP contribution is 2.44. The molecule has 7 nitrogen and oxygen atoms in total. The first kappa shape index (κ1) is 23.9. The average molecular weight is 529 g/mol. The Bertz CT molecular complexity index is 1270. The quantitative estimate of drug-likeness (QED) is 0.446. The third-order valence-corrected chi connectivity index (χ3v) is 11.6. The number of aromatic amines is 1. The number of thioether (sulfide) groups is 1. The number of halogens is 2. The van der Waals surface area contributed by atoms with Crippen LogP contribution in [0.25, 0.3) is 10.9 Å². The lowest BCUT2D eigenvalue weighted by Gasteiger charge is -2.48. The maximum Gasteiger partial charge on any atom is 0.331 e. The molecule has 184 valence electrons. The second-order valence-corrected chi connectivity index (χ2v) is 14.3. The van der Waals surface area contributed by atoms with Crippen LogP contribution in [0.15, 0.2) is 51.0 Å². The van der Waals surface area contributed by atoms with Crippen molar-refractivity contribution in [2.45, 2.75) is 16.0 Å². The van der Waals surface area contributed by atoms with E-state index in [1.165, 1.54) is 12.1 Å². The monoisotopic (exact) mass is 528 g/mol. The van der Waals surface area contributed by atoms with Gasteiger partial charge in [0.25, 0.3) is 0 Å². The van der Waals surface area contributed by atoms with Crippen LogP contribution in [-0.4, -0.2) is 81.1 Å². The van der Waals surface area contributed by atoms with Gasteiger partial charge in [-0.3, -0.25) is 14.4 Å². The van der Waals surface area contributed by atoms with E-state index in [2.05, 4.69) is 14.9 Å². The van der Waals surface area contributed by atoms with Gasteiger partial charge in [-0.05, 0) is 29.6 Å². The number of aliphatic imine (C=N–C) groups is 1. The summed E-state index contributed by atoms with van der Waals surface area (Å²) in [5, 5.41) is 3.40. The maximum atomic E-state index is 14.4. The van der Waals surface area contributed by atoms with Crippen molar-refractivity contribution in [1.29, 1.82) is 0 Å². The molecule has 1 unspecified atom stereocenters. The van der Waals surface area contributed by atoms with Crippen LogP contribution in [0.4, 0.5) is 14.5 Å². The lowest BCUT2D eigenvalue weighted by atomic mass is 10.2. The van der Waals surface area contributed by atoms with Crippen LogP contribution in [0.5, 0.6) is 0 Å². The summed E-state index contributed by atoms with van der Waals surface area (Å²) in [4.78, 5) is 10.3. The number of aromatic nitrogens is 1. The van der Waals surface area contributed by atoms with E-state index in [9.17, 15) is 17.5 Å². The topological polar surface area (TPSA) is 81.2 Å². The third-order valence-electron chi connectivity index (χ3n) is 5.98. The van der Waals surface area contributed by atoms with Gasteiger partial charge in [-0.2, -0.15) is 13.0 Å². The van der Waals surface area contributed by atoms with Gasteiger partial charge in [0.1, 0.15) is 9.25 Å². The van der Waals surface area contributed by atoms with Crippen molar-refractivity contribution in [3.05, 3.63) is 47.5 Å². The van der Waals surface area contributed by atoms with Gasteiger partial charge in [-0.15, -0.1) is 11.3 Å². The second-order valence-electron chi connectivity index (χ2n) is 8.49. The van der Waals surface area contributed by atoms with Gasteiger partial charge in [0.15, 0.2) is 0 Å². The minimum Gasteiger partial charge on any atom is -0.379 e. The Balaban J connectivity index is 1.45. The Morgan fingerprint density at radius 3 is 2.82 bits per heavy atom.